The van der Waals surface area contributed by atoms with Crippen molar-refractivity contribution in [2.24, 2.45) is 0 Å². The Bertz CT molecular complexity index is 1150. The molecule has 162 valence electrons. The normalized spacial score (nSPS) is 10.9. The van der Waals surface area contributed by atoms with Gasteiger partial charge in [0.15, 0.2) is 18.1 Å². The first-order valence-corrected chi connectivity index (χ1v) is 10.9. The molecular formula is C26H23BrN2O3. The van der Waals surface area contributed by atoms with E-state index in [0.29, 0.717) is 29.4 Å². The fourth-order valence-corrected chi connectivity index (χ4v) is 3.41. The minimum Gasteiger partial charge on any atom is -0.490 e. The van der Waals surface area contributed by atoms with Crippen molar-refractivity contribution in [3.63, 3.8) is 0 Å². The van der Waals surface area contributed by atoms with Crippen LogP contribution >= 0.6 is 15.9 Å². The van der Waals surface area contributed by atoms with Gasteiger partial charge in [-0.15, -0.1) is 0 Å². The molecule has 1 N–H and O–H groups in total. The van der Waals surface area contributed by atoms with Gasteiger partial charge in [0.1, 0.15) is 0 Å². The van der Waals surface area contributed by atoms with E-state index in [1.165, 1.54) is 0 Å². The van der Waals surface area contributed by atoms with Crippen LogP contribution in [0.1, 0.15) is 23.6 Å². The third-order valence-electron chi connectivity index (χ3n) is 4.56. The maximum atomic E-state index is 12.2. The average molecular weight is 491 g/mol. The van der Waals surface area contributed by atoms with Gasteiger partial charge in [-0.3, -0.25) is 4.79 Å². The maximum absolute atomic E-state index is 12.2. The van der Waals surface area contributed by atoms with Crippen molar-refractivity contribution in [2.45, 2.75) is 13.8 Å². The van der Waals surface area contributed by atoms with Gasteiger partial charge in [-0.05, 0) is 55.3 Å². The van der Waals surface area contributed by atoms with Gasteiger partial charge in [0.2, 0.25) is 0 Å². The zero-order valence-electron chi connectivity index (χ0n) is 17.9. The molecule has 0 saturated heterocycles. The van der Waals surface area contributed by atoms with Crippen LogP contribution in [0.3, 0.4) is 0 Å². The van der Waals surface area contributed by atoms with Crippen LogP contribution in [0.2, 0.25) is 0 Å². The SMILES string of the molecule is CCOc1cc(/C=C(/C#N)c2ccc(C)cc2)c(Br)cc1OCC(=O)Nc1ccccc1. The number of carbonyl (C=O) groups is 1. The molecule has 0 fully saturated rings. The Balaban J connectivity index is 1.81. The third-order valence-corrected chi connectivity index (χ3v) is 5.25. The molecule has 5 nitrogen and oxygen atoms in total. The number of allylic oxidation sites excluding steroid dienone is 1. The van der Waals surface area contributed by atoms with Crippen LogP contribution in [-0.4, -0.2) is 19.1 Å². The molecule has 0 unspecified atom stereocenters. The number of nitrogens with one attached hydrogen (secondary N) is 1. The van der Waals surface area contributed by atoms with Crippen LogP contribution in [0.15, 0.2) is 71.2 Å². The smallest absolute Gasteiger partial charge is 0.262 e. The van der Waals surface area contributed by atoms with Crippen LogP contribution in [-0.2, 0) is 4.79 Å². The number of benzene rings is 3. The van der Waals surface area contributed by atoms with Crippen molar-refractivity contribution in [3.05, 3.63) is 87.9 Å². The summed E-state index contributed by atoms with van der Waals surface area (Å²) in [6.45, 7) is 4.14. The zero-order valence-corrected chi connectivity index (χ0v) is 19.5. The van der Waals surface area contributed by atoms with E-state index >= 15 is 0 Å². The van der Waals surface area contributed by atoms with Crippen LogP contribution in [0.5, 0.6) is 11.5 Å². The molecule has 3 aromatic rings. The van der Waals surface area contributed by atoms with Gasteiger partial charge in [0, 0.05) is 10.2 Å². The van der Waals surface area contributed by atoms with Crippen molar-refractivity contribution < 1.29 is 14.3 Å². The number of rotatable bonds is 8. The van der Waals surface area contributed by atoms with E-state index in [1.54, 1.807) is 18.2 Å². The molecule has 0 aliphatic heterocycles. The van der Waals surface area contributed by atoms with Crippen LogP contribution in [0.25, 0.3) is 11.6 Å². The number of hydrogen-bond donors (Lipinski definition) is 1. The summed E-state index contributed by atoms with van der Waals surface area (Å²) in [5, 5.41) is 12.4. The van der Waals surface area contributed by atoms with Crippen molar-refractivity contribution in [1.29, 1.82) is 5.26 Å². The van der Waals surface area contributed by atoms with Gasteiger partial charge >= 0.3 is 0 Å². The molecule has 0 spiro atoms. The summed E-state index contributed by atoms with van der Waals surface area (Å²) in [6, 6.07) is 22.8. The Kier molecular flexibility index (Phi) is 8.07. The maximum Gasteiger partial charge on any atom is 0.262 e. The van der Waals surface area contributed by atoms with Gasteiger partial charge in [0.25, 0.3) is 5.91 Å². The molecule has 1 amide bonds. The number of halogens is 1. The Morgan fingerprint density at radius 3 is 2.41 bits per heavy atom. The third kappa shape index (κ3) is 6.22. The summed E-state index contributed by atoms with van der Waals surface area (Å²) in [4.78, 5) is 12.2. The number of hydrogen-bond acceptors (Lipinski definition) is 4. The molecule has 0 atom stereocenters. The molecule has 3 rings (SSSR count). The Hall–Kier alpha value is -3.56. The Morgan fingerprint density at radius 2 is 1.75 bits per heavy atom. The van der Waals surface area contributed by atoms with Crippen LogP contribution in [0, 0.1) is 18.3 Å². The summed E-state index contributed by atoms with van der Waals surface area (Å²) < 4.78 is 12.2. The fraction of sp³-hybridized carbons (Fsp3) is 0.154. The summed E-state index contributed by atoms with van der Waals surface area (Å²) in [7, 11) is 0. The number of anilines is 1. The molecule has 0 radical (unpaired) electrons. The van der Waals surface area contributed by atoms with Crippen molar-refractivity contribution in [3.8, 4) is 17.6 Å². The average Bonchev–Trinajstić information content (AvgIpc) is 2.79. The monoisotopic (exact) mass is 490 g/mol. The van der Waals surface area contributed by atoms with E-state index in [0.717, 1.165) is 21.2 Å². The predicted molar refractivity (Wildman–Crippen MR) is 131 cm³/mol. The van der Waals surface area contributed by atoms with E-state index in [-0.39, 0.29) is 12.5 Å². The van der Waals surface area contributed by atoms with Crippen molar-refractivity contribution in [2.75, 3.05) is 18.5 Å². The van der Waals surface area contributed by atoms with E-state index in [4.69, 9.17) is 9.47 Å². The van der Waals surface area contributed by atoms with Gasteiger partial charge in [0.05, 0.1) is 18.2 Å². The second-order valence-corrected chi connectivity index (χ2v) is 7.85. The first kappa shape index (κ1) is 23.1. The van der Waals surface area contributed by atoms with Crippen LogP contribution in [0.4, 0.5) is 5.69 Å². The number of amides is 1. The Morgan fingerprint density at radius 1 is 1.06 bits per heavy atom. The minimum atomic E-state index is -0.273. The second-order valence-electron chi connectivity index (χ2n) is 6.99. The molecule has 0 aromatic heterocycles. The molecule has 3 aromatic carbocycles. The number of ether oxygens (including phenoxy) is 2. The summed E-state index contributed by atoms with van der Waals surface area (Å²) in [6.07, 6.45) is 1.79. The molecule has 0 aliphatic carbocycles. The highest BCUT2D eigenvalue weighted by molar-refractivity contribution is 9.10. The first-order chi connectivity index (χ1) is 15.5. The number of aryl methyl sites for hydroxylation is 1. The lowest BCUT2D eigenvalue weighted by Gasteiger charge is -2.14. The lowest BCUT2D eigenvalue weighted by molar-refractivity contribution is -0.118. The largest absolute Gasteiger partial charge is 0.490 e. The second kappa shape index (κ2) is 11.2. The predicted octanol–water partition coefficient (Wildman–Crippen LogP) is 6.24. The lowest BCUT2D eigenvalue weighted by Crippen LogP contribution is -2.20. The lowest BCUT2D eigenvalue weighted by atomic mass is 10.0. The zero-order chi connectivity index (χ0) is 22.9. The standard InChI is InChI=1S/C26H23BrN2O3/c1-3-31-24-14-20(13-21(16-28)19-11-9-18(2)10-12-19)23(27)15-25(24)32-17-26(30)29-22-7-5-4-6-8-22/h4-15H,3,17H2,1-2H3,(H,29,30)/b21-13-. The fourth-order valence-electron chi connectivity index (χ4n) is 2.97. The van der Waals surface area contributed by atoms with E-state index in [9.17, 15) is 10.1 Å². The summed E-state index contributed by atoms with van der Waals surface area (Å²) in [5.74, 6) is 0.661. The van der Waals surface area contributed by atoms with Gasteiger partial charge in [-0.25, -0.2) is 0 Å². The number of nitriles is 1. The molecule has 0 bridgehead atoms. The number of para-hydroxylation sites is 1. The molecule has 6 heteroatoms. The summed E-state index contributed by atoms with van der Waals surface area (Å²) in [5.41, 5.74) is 3.97. The molecule has 0 aliphatic rings. The van der Waals surface area contributed by atoms with Gasteiger partial charge in [-0.1, -0.05) is 64.0 Å². The number of carbonyl (C=O) groups excluding carboxylic acids is 1. The summed E-state index contributed by atoms with van der Waals surface area (Å²) >= 11 is 3.55. The highest BCUT2D eigenvalue weighted by Crippen LogP contribution is 2.35. The highest BCUT2D eigenvalue weighted by Gasteiger charge is 2.13. The van der Waals surface area contributed by atoms with Crippen LogP contribution < -0.4 is 14.8 Å². The number of nitrogens with zero attached hydrogens (tertiary/aromatic N) is 1. The molecule has 0 heterocycles. The van der Waals surface area contributed by atoms with Crippen molar-refractivity contribution >= 4 is 39.2 Å². The quantitative estimate of drug-likeness (QED) is 0.299. The van der Waals surface area contributed by atoms with Gasteiger partial charge in [-0.2, -0.15) is 5.26 Å². The van der Waals surface area contributed by atoms with E-state index in [2.05, 4.69) is 27.3 Å². The van der Waals surface area contributed by atoms with Gasteiger partial charge < -0.3 is 14.8 Å². The Labute approximate surface area is 196 Å². The molecular weight excluding hydrogens is 468 g/mol. The first-order valence-electron chi connectivity index (χ1n) is 10.1. The molecule has 32 heavy (non-hydrogen) atoms. The molecule has 0 saturated carbocycles. The van der Waals surface area contributed by atoms with E-state index < -0.39 is 0 Å². The minimum absolute atomic E-state index is 0.163. The van der Waals surface area contributed by atoms with Crippen molar-refractivity contribution in [1.82, 2.24) is 0 Å². The topological polar surface area (TPSA) is 71.3 Å². The van der Waals surface area contributed by atoms with E-state index in [1.807, 2.05) is 68.4 Å². The highest BCUT2D eigenvalue weighted by atomic mass is 79.9.